The van der Waals surface area contributed by atoms with E-state index >= 15 is 0 Å². The fraction of sp³-hybridized carbons (Fsp3) is 0.333. The molecule has 0 amide bonds. The lowest BCUT2D eigenvalue weighted by molar-refractivity contribution is 0.332. The molecule has 0 unspecified atom stereocenters. The van der Waals surface area contributed by atoms with Gasteiger partial charge in [0.05, 0.1) is 11.4 Å². The summed E-state index contributed by atoms with van der Waals surface area (Å²) in [7, 11) is 0. The molecule has 7 aromatic carbocycles. The van der Waals surface area contributed by atoms with E-state index < -0.39 is 0 Å². The normalized spacial score (nSPS) is 16.1. The lowest BCUT2D eigenvalue weighted by atomic mass is 9.33. The molecule has 3 heteroatoms. The highest BCUT2D eigenvalue weighted by Gasteiger charge is 2.47. The van der Waals surface area contributed by atoms with Gasteiger partial charge in [-0.2, -0.15) is 0 Å². The number of aryl methyl sites for hydroxylation is 1. The second kappa shape index (κ2) is 15.1. The topological polar surface area (TPSA) is 6.48 Å². The number of nitrogens with zero attached hydrogens (tertiary/aromatic N) is 2. The number of rotatable bonds is 4. The van der Waals surface area contributed by atoms with Crippen LogP contribution in [0, 0.1) is 6.92 Å². The Hall–Kier alpha value is -5.80. The van der Waals surface area contributed by atoms with E-state index in [4.69, 9.17) is 0 Å². The lowest BCUT2D eigenvalue weighted by Gasteiger charge is -2.48. The molecule has 0 fully saturated rings. The molecule has 0 bridgehead atoms. The van der Waals surface area contributed by atoms with Gasteiger partial charge in [-0.25, -0.2) is 0 Å². The second-order valence-electron chi connectivity index (χ2n) is 24.3. The maximum absolute atomic E-state index is 2.68. The summed E-state index contributed by atoms with van der Waals surface area (Å²) in [5.41, 5.74) is 24.9. The molecule has 66 heavy (non-hydrogen) atoms. The van der Waals surface area contributed by atoms with Gasteiger partial charge in [-0.1, -0.05) is 181 Å². The zero-order valence-electron chi connectivity index (χ0n) is 42.2. The van der Waals surface area contributed by atoms with Gasteiger partial charge < -0.3 is 9.80 Å². The third-order valence-corrected chi connectivity index (χ3v) is 15.4. The number of benzene rings is 7. The van der Waals surface area contributed by atoms with E-state index in [-0.39, 0.29) is 33.8 Å². The molecule has 7 aromatic rings. The molecule has 3 aliphatic rings. The number of hydrogen-bond donors (Lipinski definition) is 0. The Morgan fingerprint density at radius 3 is 1.27 bits per heavy atom. The highest BCUT2D eigenvalue weighted by Crippen LogP contribution is 2.53. The van der Waals surface area contributed by atoms with Crippen LogP contribution in [-0.2, 0) is 27.1 Å². The van der Waals surface area contributed by atoms with Gasteiger partial charge in [0, 0.05) is 33.9 Å². The van der Waals surface area contributed by atoms with Crippen molar-refractivity contribution < 1.29 is 0 Å². The predicted molar refractivity (Wildman–Crippen MR) is 287 cm³/mol. The van der Waals surface area contributed by atoms with E-state index in [9.17, 15) is 0 Å². The Balaban J connectivity index is 1.36. The van der Waals surface area contributed by atoms with Crippen LogP contribution >= 0.6 is 0 Å². The Labute approximate surface area is 397 Å². The first kappa shape index (κ1) is 44.1. The summed E-state index contributed by atoms with van der Waals surface area (Å²) in [6.07, 6.45) is 2.33. The summed E-state index contributed by atoms with van der Waals surface area (Å²) >= 11 is 0. The monoisotopic (exact) mass is 865 g/mol. The SMILES string of the molecule is Cc1cc2c3c(c1)N(c1ccc(C(C)(C)C)cc1-c1ccccc1)c1cc4c(cc1B3c1ccc(C(C)(C)C)cc1N2c1ccc(C(C)(C)C)cc1-c1ccccc1)C(C)(C)CCC4(C)C. The summed E-state index contributed by atoms with van der Waals surface area (Å²) in [6.45, 7) is 33.3. The summed E-state index contributed by atoms with van der Waals surface area (Å²) in [5, 5.41) is 0. The van der Waals surface area contributed by atoms with E-state index in [2.05, 4.69) is 246 Å². The van der Waals surface area contributed by atoms with E-state index in [1.807, 2.05) is 0 Å². The third kappa shape index (κ3) is 7.24. The van der Waals surface area contributed by atoms with Gasteiger partial charge in [-0.3, -0.25) is 0 Å². The first-order valence-electron chi connectivity index (χ1n) is 24.5. The van der Waals surface area contributed by atoms with E-state index in [0.717, 1.165) is 6.42 Å². The van der Waals surface area contributed by atoms with Gasteiger partial charge in [-0.05, 0) is 156 Å². The molecular weight excluding hydrogens is 796 g/mol. The largest absolute Gasteiger partial charge is 0.311 e. The van der Waals surface area contributed by atoms with E-state index in [0.29, 0.717) is 0 Å². The molecule has 0 saturated carbocycles. The molecule has 0 aromatic heterocycles. The summed E-state index contributed by atoms with van der Waals surface area (Å²) < 4.78 is 0. The Kier molecular flexibility index (Phi) is 10.1. The Morgan fingerprint density at radius 2 is 0.818 bits per heavy atom. The van der Waals surface area contributed by atoms with Crippen molar-refractivity contribution in [2.45, 2.75) is 137 Å². The molecule has 2 aliphatic heterocycles. The molecule has 10 rings (SSSR count). The van der Waals surface area contributed by atoms with Crippen molar-refractivity contribution in [2.24, 2.45) is 0 Å². The predicted octanol–water partition coefficient (Wildman–Crippen LogP) is 15.7. The highest BCUT2D eigenvalue weighted by molar-refractivity contribution is 7.00. The smallest absolute Gasteiger partial charge is 0.252 e. The molecule has 0 radical (unpaired) electrons. The van der Waals surface area contributed by atoms with Crippen molar-refractivity contribution in [1.82, 2.24) is 0 Å². The Bertz CT molecular complexity index is 3020. The van der Waals surface area contributed by atoms with Crippen LogP contribution in [0.4, 0.5) is 34.1 Å². The van der Waals surface area contributed by atoms with Crippen LogP contribution in [0.25, 0.3) is 22.3 Å². The average molecular weight is 865 g/mol. The van der Waals surface area contributed by atoms with E-state index in [1.54, 1.807) is 0 Å². The first-order chi connectivity index (χ1) is 31.0. The summed E-state index contributed by atoms with van der Waals surface area (Å²) in [4.78, 5) is 5.33. The minimum Gasteiger partial charge on any atom is -0.311 e. The first-order valence-corrected chi connectivity index (χ1v) is 24.5. The maximum atomic E-state index is 2.68. The molecule has 0 spiro atoms. The summed E-state index contributed by atoms with van der Waals surface area (Å²) in [5.74, 6) is 0. The summed E-state index contributed by atoms with van der Waals surface area (Å²) in [6, 6.07) is 54.5. The molecule has 0 atom stereocenters. The van der Waals surface area contributed by atoms with Crippen LogP contribution in [0.3, 0.4) is 0 Å². The van der Waals surface area contributed by atoms with Crippen LogP contribution in [0.1, 0.15) is 136 Å². The molecular formula is C63H69BN2. The molecule has 0 N–H and O–H groups in total. The standard InChI is InChI=1S/C63H69BN2/c1-40-33-56-58-57(34-40)66(53-30-27-44(60(5,6)7)36-47(53)42-23-19-16-20-24-42)55-39-49-48(62(11,12)31-32-63(49,13)14)38-51(55)64(58)50-28-25-45(61(8,9)10)37-54(50)65(56)52-29-26-43(59(2,3)4)35-46(52)41-21-17-15-18-22-41/h15-30,33-39H,31-32H2,1-14H3. The highest BCUT2D eigenvalue weighted by atomic mass is 15.2. The van der Waals surface area contributed by atoms with Crippen molar-refractivity contribution in [1.29, 1.82) is 0 Å². The van der Waals surface area contributed by atoms with Crippen molar-refractivity contribution >= 4 is 57.2 Å². The second-order valence-corrected chi connectivity index (χ2v) is 24.3. The van der Waals surface area contributed by atoms with Crippen molar-refractivity contribution in [3.8, 4) is 22.3 Å². The minimum absolute atomic E-state index is 0.0143. The quantitative estimate of drug-likeness (QED) is 0.163. The van der Waals surface area contributed by atoms with Gasteiger partial charge >= 0.3 is 0 Å². The molecule has 1 aliphatic carbocycles. The van der Waals surface area contributed by atoms with Crippen molar-refractivity contribution in [3.63, 3.8) is 0 Å². The van der Waals surface area contributed by atoms with Crippen LogP contribution in [0.2, 0.25) is 0 Å². The molecule has 334 valence electrons. The zero-order valence-corrected chi connectivity index (χ0v) is 42.2. The maximum Gasteiger partial charge on any atom is 0.252 e. The van der Waals surface area contributed by atoms with Crippen LogP contribution < -0.4 is 26.2 Å². The Morgan fingerprint density at radius 1 is 0.409 bits per heavy atom. The third-order valence-electron chi connectivity index (χ3n) is 15.4. The van der Waals surface area contributed by atoms with Crippen molar-refractivity contribution in [2.75, 3.05) is 9.80 Å². The molecule has 0 saturated heterocycles. The fourth-order valence-corrected chi connectivity index (χ4v) is 11.3. The van der Waals surface area contributed by atoms with Gasteiger partial charge in [0.25, 0.3) is 6.71 Å². The van der Waals surface area contributed by atoms with Crippen molar-refractivity contribution in [3.05, 3.63) is 173 Å². The number of anilines is 6. The van der Waals surface area contributed by atoms with Gasteiger partial charge in [-0.15, -0.1) is 0 Å². The molecule has 2 nitrogen and oxygen atoms in total. The van der Waals surface area contributed by atoms with Gasteiger partial charge in [0.15, 0.2) is 0 Å². The van der Waals surface area contributed by atoms with E-state index in [1.165, 1.54) is 113 Å². The van der Waals surface area contributed by atoms with Gasteiger partial charge in [0.1, 0.15) is 0 Å². The fourth-order valence-electron chi connectivity index (χ4n) is 11.3. The van der Waals surface area contributed by atoms with Gasteiger partial charge in [0.2, 0.25) is 0 Å². The lowest BCUT2D eigenvalue weighted by Crippen LogP contribution is -2.62. The van der Waals surface area contributed by atoms with Crippen LogP contribution in [0.15, 0.2) is 140 Å². The molecule has 2 heterocycles. The number of hydrogen-bond acceptors (Lipinski definition) is 2. The van der Waals surface area contributed by atoms with Crippen LogP contribution in [-0.4, -0.2) is 6.71 Å². The number of fused-ring (bicyclic) bond motifs is 5. The zero-order chi connectivity index (χ0) is 46.9. The average Bonchev–Trinajstić information content (AvgIpc) is 3.26. The van der Waals surface area contributed by atoms with Crippen LogP contribution in [0.5, 0.6) is 0 Å². The minimum atomic E-state index is -0.0416.